The molecule has 236 valence electrons. The highest BCUT2D eigenvalue weighted by atomic mass is 32.2. The molecule has 1 saturated carbocycles. The number of hydrogen-bond acceptors (Lipinski definition) is 8. The zero-order valence-corrected chi connectivity index (χ0v) is 27.0. The molecule has 1 aliphatic carbocycles. The number of esters is 1. The van der Waals surface area contributed by atoms with Crippen LogP contribution in [0, 0.1) is 36.0 Å². The standard InChI is InChI=1S/C36H42N4O4S/c1-26-21-33(15-18-38-26)45(42,43)32-13-11-31(12-14-32)40-23-28(24-40)22-39-19-16-30(17-20-39)36(25-37,29-7-4-3-5-8-29)34-9-6-10-35(34)44-27(2)41/h3-5,7-8,11-15,18,21,28,30,34-35H,6,9-10,16-17,19-20,22-24H2,1-2H3. The molecule has 0 amide bonds. The van der Waals surface area contributed by atoms with Gasteiger partial charge in [0.1, 0.15) is 6.10 Å². The average molecular weight is 627 g/mol. The topological polar surface area (TPSA) is 104 Å². The van der Waals surface area contributed by atoms with Crippen LogP contribution < -0.4 is 4.90 Å². The number of likely N-dealkylation sites (tertiary alicyclic amines) is 1. The van der Waals surface area contributed by atoms with Gasteiger partial charge in [-0.05, 0) is 100.0 Å². The lowest BCUT2D eigenvalue weighted by Gasteiger charge is -2.48. The van der Waals surface area contributed by atoms with Gasteiger partial charge in [0, 0.05) is 56.0 Å². The molecule has 8 nitrogen and oxygen atoms in total. The van der Waals surface area contributed by atoms with Gasteiger partial charge >= 0.3 is 5.97 Å². The number of hydrogen-bond donors (Lipinski definition) is 0. The summed E-state index contributed by atoms with van der Waals surface area (Å²) in [6.07, 6.45) is 5.88. The van der Waals surface area contributed by atoms with Crippen molar-refractivity contribution in [3.05, 3.63) is 84.2 Å². The summed E-state index contributed by atoms with van der Waals surface area (Å²) in [5.41, 5.74) is 2.09. The second-order valence-electron chi connectivity index (χ2n) is 13.0. The van der Waals surface area contributed by atoms with Crippen molar-refractivity contribution in [3.63, 3.8) is 0 Å². The van der Waals surface area contributed by atoms with Crippen LogP contribution >= 0.6 is 0 Å². The number of carbonyl (C=O) groups excluding carboxylic acids is 1. The Kier molecular flexibility index (Phi) is 8.98. The van der Waals surface area contributed by atoms with Gasteiger partial charge in [-0.3, -0.25) is 9.78 Å². The van der Waals surface area contributed by atoms with Gasteiger partial charge in [0.05, 0.1) is 21.3 Å². The van der Waals surface area contributed by atoms with Gasteiger partial charge in [-0.1, -0.05) is 30.3 Å². The maximum atomic E-state index is 13.1. The summed E-state index contributed by atoms with van der Waals surface area (Å²) < 4.78 is 31.9. The minimum Gasteiger partial charge on any atom is -0.462 e. The first kappa shape index (κ1) is 31.3. The Morgan fingerprint density at radius 2 is 1.71 bits per heavy atom. The predicted octanol–water partition coefficient (Wildman–Crippen LogP) is 5.56. The summed E-state index contributed by atoms with van der Waals surface area (Å²) >= 11 is 0. The van der Waals surface area contributed by atoms with Crippen LogP contribution in [0.2, 0.25) is 0 Å². The third-order valence-electron chi connectivity index (χ3n) is 10.2. The third-order valence-corrected chi connectivity index (χ3v) is 12.0. The SMILES string of the molecule is CC(=O)OC1CCCC1C(C#N)(c1ccccc1)C1CCN(CC2CN(c3ccc(S(=O)(=O)c4ccnc(C)c4)cc3)C2)CC1. The molecule has 2 aliphatic heterocycles. The van der Waals surface area contributed by atoms with Gasteiger partial charge in [0.15, 0.2) is 0 Å². The lowest BCUT2D eigenvalue weighted by molar-refractivity contribution is -0.149. The summed E-state index contributed by atoms with van der Waals surface area (Å²) in [5, 5.41) is 10.9. The maximum Gasteiger partial charge on any atom is 0.302 e. The van der Waals surface area contributed by atoms with E-state index in [9.17, 15) is 18.5 Å². The number of aryl methyl sites for hydroxylation is 1. The van der Waals surface area contributed by atoms with E-state index < -0.39 is 15.3 Å². The first-order valence-corrected chi connectivity index (χ1v) is 17.6. The molecule has 3 atom stereocenters. The van der Waals surface area contributed by atoms with E-state index in [-0.39, 0.29) is 33.7 Å². The number of piperidine rings is 1. The van der Waals surface area contributed by atoms with E-state index in [0.29, 0.717) is 11.6 Å². The summed E-state index contributed by atoms with van der Waals surface area (Å²) in [6, 6.07) is 23.4. The summed E-state index contributed by atoms with van der Waals surface area (Å²) in [5.74, 6) is 0.478. The second kappa shape index (κ2) is 12.9. The van der Waals surface area contributed by atoms with Gasteiger partial charge in [0.2, 0.25) is 9.84 Å². The minimum absolute atomic E-state index is 0.000680. The van der Waals surface area contributed by atoms with Crippen LogP contribution in [0.15, 0.2) is 82.7 Å². The molecule has 6 rings (SSSR count). The number of carbonyl (C=O) groups is 1. The summed E-state index contributed by atoms with van der Waals surface area (Å²) in [7, 11) is -3.58. The highest BCUT2D eigenvalue weighted by molar-refractivity contribution is 7.91. The monoisotopic (exact) mass is 626 g/mol. The molecule has 1 aromatic heterocycles. The molecule has 3 heterocycles. The Hall–Kier alpha value is -3.74. The van der Waals surface area contributed by atoms with Gasteiger partial charge in [-0.15, -0.1) is 0 Å². The Balaban J connectivity index is 1.06. The van der Waals surface area contributed by atoms with Crippen LogP contribution in [0.3, 0.4) is 0 Å². The zero-order chi connectivity index (χ0) is 31.6. The number of ether oxygens (including phenoxy) is 1. The fourth-order valence-corrected chi connectivity index (χ4v) is 9.33. The second-order valence-corrected chi connectivity index (χ2v) is 15.0. The third kappa shape index (κ3) is 6.23. The number of rotatable bonds is 9. The van der Waals surface area contributed by atoms with Crippen molar-refractivity contribution in [2.24, 2.45) is 17.8 Å². The lowest BCUT2D eigenvalue weighted by Crippen LogP contribution is -2.54. The molecule has 2 aromatic carbocycles. The summed E-state index contributed by atoms with van der Waals surface area (Å²) in [6.45, 7) is 8.04. The molecular formula is C36H42N4O4S. The fraction of sp³-hybridized carbons (Fsp3) is 0.472. The Morgan fingerprint density at radius 1 is 1.00 bits per heavy atom. The van der Waals surface area contributed by atoms with Crippen molar-refractivity contribution >= 4 is 21.5 Å². The van der Waals surface area contributed by atoms with E-state index in [0.717, 1.165) is 76.1 Å². The average Bonchev–Trinajstić information content (AvgIpc) is 3.48. The largest absolute Gasteiger partial charge is 0.462 e. The van der Waals surface area contributed by atoms with Crippen LogP contribution in [0.4, 0.5) is 5.69 Å². The predicted molar refractivity (Wildman–Crippen MR) is 172 cm³/mol. The van der Waals surface area contributed by atoms with Crippen LogP contribution in [-0.4, -0.2) is 63.1 Å². The van der Waals surface area contributed by atoms with Crippen LogP contribution in [0.1, 0.15) is 50.3 Å². The van der Waals surface area contributed by atoms with E-state index >= 15 is 0 Å². The lowest BCUT2D eigenvalue weighted by atomic mass is 9.59. The van der Waals surface area contributed by atoms with Crippen molar-refractivity contribution in [2.75, 3.05) is 37.6 Å². The number of nitriles is 1. The van der Waals surface area contributed by atoms with Crippen LogP contribution in [0.5, 0.6) is 0 Å². The van der Waals surface area contributed by atoms with E-state index in [1.165, 1.54) is 19.2 Å². The van der Waals surface area contributed by atoms with Crippen LogP contribution in [0.25, 0.3) is 0 Å². The number of anilines is 1. The Labute approximate surface area is 266 Å². The number of aromatic nitrogens is 1. The number of pyridine rings is 1. The minimum atomic E-state index is -3.58. The molecule has 3 aliphatic rings. The number of sulfone groups is 1. The Bertz CT molecular complexity index is 1640. The zero-order valence-electron chi connectivity index (χ0n) is 26.1. The number of benzene rings is 2. The van der Waals surface area contributed by atoms with Gasteiger partial charge in [0.25, 0.3) is 0 Å². The first-order chi connectivity index (χ1) is 21.7. The fourth-order valence-electron chi connectivity index (χ4n) is 8.00. The van der Waals surface area contributed by atoms with E-state index in [2.05, 4.69) is 33.0 Å². The molecule has 3 unspecified atom stereocenters. The quantitative estimate of drug-likeness (QED) is 0.284. The smallest absolute Gasteiger partial charge is 0.302 e. The highest BCUT2D eigenvalue weighted by Gasteiger charge is 2.53. The molecule has 45 heavy (non-hydrogen) atoms. The Morgan fingerprint density at radius 3 is 2.36 bits per heavy atom. The van der Waals surface area contributed by atoms with Crippen molar-refractivity contribution in [3.8, 4) is 6.07 Å². The molecule has 3 fully saturated rings. The van der Waals surface area contributed by atoms with Crippen molar-refractivity contribution < 1.29 is 17.9 Å². The first-order valence-electron chi connectivity index (χ1n) is 16.1. The van der Waals surface area contributed by atoms with Crippen molar-refractivity contribution in [1.29, 1.82) is 5.26 Å². The maximum absolute atomic E-state index is 13.1. The van der Waals surface area contributed by atoms with Crippen molar-refractivity contribution in [2.45, 2.75) is 67.3 Å². The summed E-state index contributed by atoms with van der Waals surface area (Å²) in [4.78, 5) is 21.4. The molecule has 0 radical (unpaired) electrons. The molecule has 9 heteroatoms. The molecule has 2 saturated heterocycles. The van der Waals surface area contributed by atoms with E-state index in [1.54, 1.807) is 25.1 Å². The van der Waals surface area contributed by atoms with E-state index in [1.807, 2.05) is 30.3 Å². The highest BCUT2D eigenvalue weighted by Crippen LogP contribution is 2.51. The van der Waals surface area contributed by atoms with Gasteiger partial charge in [-0.2, -0.15) is 5.26 Å². The molecule has 0 bridgehead atoms. The van der Waals surface area contributed by atoms with Crippen molar-refractivity contribution in [1.82, 2.24) is 9.88 Å². The normalized spacial score (nSPS) is 22.7. The van der Waals surface area contributed by atoms with Gasteiger partial charge in [-0.25, -0.2) is 8.42 Å². The van der Waals surface area contributed by atoms with E-state index in [4.69, 9.17) is 4.74 Å². The van der Waals surface area contributed by atoms with Crippen LogP contribution in [-0.2, 0) is 24.8 Å². The number of nitrogens with zero attached hydrogens (tertiary/aromatic N) is 4. The molecular weight excluding hydrogens is 584 g/mol. The van der Waals surface area contributed by atoms with Gasteiger partial charge < -0.3 is 14.5 Å². The molecule has 3 aromatic rings. The molecule has 0 N–H and O–H groups in total. The molecule has 0 spiro atoms.